The monoisotopic (exact) mass is 1550 g/mol. The molecular formula is C77H95FN14O20. The van der Waals surface area contributed by atoms with Crippen molar-refractivity contribution in [2.75, 3.05) is 26.8 Å². The van der Waals surface area contributed by atoms with Gasteiger partial charge in [0.05, 0.1) is 56.6 Å². The third-order valence-corrected chi connectivity index (χ3v) is 19.1. The Balaban J connectivity index is 1.05. The molecule has 35 heteroatoms. The zero-order valence-electron chi connectivity index (χ0n) is 62.7. The number of likely N-dealkylation sites (tertiary alicyclic amines) is 1. The number of carboxylic acids is 2. The normalized spacial score (nSPS) is 16.4. The van der Waals surface area contributed by atoms with Crippen LogP contribution in [0.1, 0.15) is 100 Å². The second-order valence-electron chi connectivity index (χ2n) is 27.7. The van der Waals surface area contributed by atoms with Crippen molar-refractivity contribution in [3.63, 3.8) is 0 Å². The molecule has 7 rings (SSSR count). The number of nitrogens with one attached hydrogen (secondary N) is 10. The molecule has 112 heavy (non-hydrogen) atoms. The summed E-state index contributed by atoms with van der Waals surface area (Å²) in [6.45, 7) is 6.10. The molecule has 6 aromatic rings. The number of hydrogen-bond donors (Lipinski definition) is 17. The van der Waals surface area contributed by atoms with Crippen LogP contribution in [0.5, 0.6) is 5.75 Å². The molecule has 0 spiro atoms. The molecule has 34 nitrogen and oxygen atoms in total. The van der Waals surface area contributed by atoms with E-state index in [9.17, 15) is 93.0 Å². The van der Waals surface area contributed by atoms with Gasteiger partial charge in [0.15, 0.2) is 0 Å². The minimum atomic E-state index is -2.44. The van der Waals surface area contributed by atoms with Crippen LogP contribution in [0.25, 0.3) is 22.4 Å². The predicted molar refractivity (Wildman–Crippen MR) is 399 cm³/mol. The number of aromatic amines is 1. The van der Waals surface area contributed by atoms with Gasteiger partial charge < -0.3 is 98.8 Å². The number of aliphatic carboxylic acids is 2. The molecule has 0 saturated carbocycles. The first-order valence-electron chi connectivity index (χ1n) is 36.0. The van der Waals surface area contributed by atoms with Crippen molar-refractivity contribution in [1.29, 1.82) is 0 Å². The van der Waals surface area contributed by atoms with E-state index in [1.807, 2.05) is 50.2 Å². The molecule has 11 amide bonds. The van der Waals surface area contributed by atoms with Crippen molar-refractivity contribution in [3.8, 4) is 28.1 Å². The second kappa shape index (κ2) is 40.0. The number of methoxy groups -OCH3 is 1. The van der Waals surface area contributed by atoms with Gasteiger partial charge >= 0.3 is 11.9 Å². The van der Waals surface area contributed by atoms with Crippen LogP contribution in [-0.2, 0) is 94.4 Å². The Morgan fingerprint density at radius 1 is 0.679 bits per heavy atom. The van der Waals surface area contributed by atoms with Crippen LogP contribution in [0.2, 0.25) is 0 Å². The Morgan fingerprint density at radius 2 is 1.30 bits per heavy atom. The standard InChI is InChI=1S/C77H95FN14O20/c1-8-46-32-50(112-7)23-24-52(46)47-21-18-44(19-22-47)30-57(68(104)84-56(66(79)102)31-45-20-25-54(81-36-45)51-16-11-9-14-41(51)2)85-69(105)58(34-63(100)101)86-70(106)59(39-93)87-71(107)64(42(3)94)90-74(110)76(5,35-48-15-10-12-17-53(48)78)91-72(108)65(43(4)95)89-61(97)38-82-67(103)55(26-27-62(98)99)88-75(111)77(6)28-13-29-92(77)73(109)60(96)33-49-37-80-40-83-49/h9-12,14-25,32,36-37,40,42-43,55-60,64-65,93-96H,8,13,26-31,33-35,38-39H2,1-7H3,(H2,79,102)(H,80,83)(H,82,103)(H,84,104)(H,85,105)(H,86,106)(H,87,107)(H,88,111)(H,89,97)(H,90,110)(H,91,108)(H,98,99)(H,100,101)/t42-,43-,55+,56+,57+,58+,59+,60+,64+,65+,76-,77-/m1/s1. The number of aliphatic hydroxyl groups excluding tert-OH is 4. The van der Waals surface area contributed by atoms with Crippen molar-refractivity contribution < 1.29 is 102 Å². The molecule has 18 N–H and O–H groups in total. The van der Waals surface area contributed by atoms with Crippen molar-refractivity contribution in [2.24, 2.45) is 5.73 Å². The van der Waals surface area contributed by atoms with Gasteiger partial charge in [0, 0.05) is 56.6 Å². The number of primary amides is 1. The minimum absolute atomic E-state index is 0.0371. The van der Waals surface area contributed by atoms with E-state index in [1.54, 1.807) is 49.6 Å². The Bertz CT molecular complexity index is 4380. The fraction of sp³-hybridized carbons (Fsp3) is 0.416. The molecular weight excluding hydrogens is 1460 g/mol. The van der Waals surface area contributed by atoms with Crippen molar-refractivity contribution >= 4 is 76.9 Å². The van der Waals surface area contributed by atoms with Crippen LogP contribution in [0.3, 0.4) is 0 Å². The molecule has 600 valence electrons. The highest BCUT2D eigenvalue weighted by molar-refractivity contribution is 6.01. The smallest absolute Gasteiger partial charge is 0.305 e. The van der Waals surface area contributed by atoms with Gasteiger partial charge in [-0.3, -0.25) is 67.3 Å². The summed E-state index contributed by atoms with van der Waals surface area (Å²) in [7, 11) is 1.54. The first-order valence-corrected chi connectivity index (χ1v) is 36.0. The van der Waals surface area contributed by atoms with Gasteiger partial charge in [-0.2, -0.15) is 0 Å². The maximum atomic E-state index is 15.5. The molecule has 0 unspecified atom stereocenters. The molecule has 1 fully saturated rings. The molecule has 1 aliphatic rings. The average Bonchev–Trinajstić information content (AvgIpc) is 1.55. The van der Waals surface area contributed by atoms with E-state index in [-0.39, 0.29) is 37.8 Å². The number of aliphatic hydroxyl groups is 4. The van der Waals surface area contributed by atoms with Gasteiger partial charge in [-0.1, -0.05) is 85.8 Å². The SMILES string of the molecule is CCc1cc(OC)ccc1-c1ccc(C[C@H](NC(=O)[C@H](CC(=O)O)NC(=O)[C@H](CO)NC(=O)[C@@H](NC(=O)[C@@](C)(Cc2ccccc2F)NC(=O)[C@@H](NC(=O)CNC(=O)[C@H](CCC(=O)O)NC(=O)[C@@]2(C)CCCN2C(=O)[C@@H](O)Cc2c[nH]cn2)[C@@H](C)O)[C@@H](C)O)C(=O)N[C@@H](Cc2ccc(-c3ccccc3C)nc2)C(N)=O)cc1. The van der Waals surface area contributed by atoms with Crippen LogP contribution >= 0.6 is 0 Å². The number of carboxylic acid groups (broad SMARTS) is 2. The molecule has 0 bridgehead atoms. The van der Waals surface area contributed by atoms with Crippen molar-refractivity contribution in [2.45, 2.75) is 177 Å². The lowest BCUT2D eigenvalue weighted by atomic mass is 9.90. The Hall–Kier alpha value is -12.1. The van der Waals surface area contributed by atoms with Gasteiger partial charge in [-0.15, -0.1) is 0 Å². The Morgan fingerprint density at radius 3 is 1.91 bits per heavy atom. The summed E-state index contributed by atoms with van der Waals surface area (Å²) in [6, 6.07) is 15.2. The Kier molecular flexibility index (Phi) is 31.2. The quantitative estimate of drug-likeness (QED) is 0.0222. The number of imidazole rings is 1. The molecule has 1 saturated heterocycles. The van der Waals surface area contributed by atoms with Crippen molar-refractivity contribution in [3.05, 3.63) is 161 Å². The van der Waals surface area contributed by atoms with Crippen LogP contribution in [0.15, 0.2) is 122 Å². The number of pyridine rings is 1. The van der Waals surface area contributed by atoms with Gasteiger partial charge in [0.25, 0.3) is 5.91 Å². The van der Waals surface area contributed by atoms with E-state index in [2.05, 4.69) is 62.8 Å². The lowest BCUT2D eigenvalue weighted by Gasteiger charge is -2.36. The van der Waals surface area contributed by atoms with Gasteiger partial charge in [-0.05, 0) is 124 Å². The van der Waals surface area contributed by atoms with Crippen LogP contribution in [0.4, 0.5) is 4.39 Å². The summed E-state index contributed by atoms with van der Waals surface area (Å²) >= 11 is 0. The number of amides is 11. The summed E-state index contributed by atoms with van der Waals surface area (Å²) in [5.74, 6) is -16.1. The van der Waals surface area contributed by atoms with E-state index in [1.165, 1.54) is 43.8 Å². The number of aromatic nitrogens is 3. The lowest BCUT2D eigenvalue weighted by Crippen LogP contribution is -2.67. The third-order valence-electron chi connectivity index (χ3n) is 19.1. The highest BCUT2D eigenvalue weighted by Crippen LogP contribution is 2.32. The number of H-pyrrole nitrogens is 1. The second-order valence-corrected chi connectivity index (χ2v) is 27.7. The molecule has 2 aromatic heterocycles. The van der Waals surface area contributed by atoms with E-state index in [0.29, 0.717) is 41.1 Å². The number of carbonyl (C=O) groups is 13. The fourth-order valence-corrected chi connectivity index (χ4v) is 12.7. The number of carbonyl (C=O) groups excluding carboxylic acids is 11. The van der Waals surface area contributed by atoms with Crippen LogP contribution in [-0.4, -0.2) is 226 Å². The van der Waals surface area contributed by atoms with E-state index < -0.39 is 193 Å². The zero-order chi connectivity index (χ0) is 82.3. The highest BCUT2D eigenvalue weighted by atomic mass is 19.1. The van der Waals surface area contributed by atoms with Crippen LogP contribution < -0.4 is 58.3 Å². The maximum Gasteiger partial charge on any atom is 0.305 e. The summed E-state index contributed by atoms with van der Waals surface area (Å²) in [5.41, 5.74) is 7.87. The largest absolute Gasteiger partial charge is 0.497 e. The van der Waals surface area contributed by atoms with Crippen LogP contribution in [0, 0.1) is 12.7 Å². The maximum absolute atomic E-state index is 15.5. The van der Waals surface area contributed by atoms with Gasteiger partial charge in [0.1, 0.15) is 71.0 Å². The third kappa shape index (κ3) is 23.7. The minimum Gasteiger partial charge on any atom is -0.497 e. The first kappa shape index (κ1) is 87.1. The molecule has 12 atom stereocenters. The molecule has 0 aliphatic carbocycles. The summed E-state index contributed by atoms with van der Waals surface area (Å²) in [5, 5.41) is 83.9. The number of aryl methyl sites for hydroxylation is 2. The fourth-order valence-electron chi connectivity index (χ4n) is 12.7. The van der Waals surface area contributed by atoms with E-state index in [0.717, 1.165) is 59.6 Å². The number of benzene rings is 4. The van der Waals surface area contributed by atoms with Crippen molar-refractivity contribution in [1.82, 2.24) is 67.7 Å². The van der Waals surface area contributed by atoms with E-state index >= 15 is 4.39 Å². The van der Waals surface area contributed by atoms with Gasteiger partial charge in [-0.25, -0.2) is 9.37 Å². The lowest BCUT2D eigenvalue weighted by molar-refractivity contribution is -0.151. The predicted octanol–water partition coefficient (Wildman–Crippen LogP) is -0.867. The molecule has 3 heterocycles. The highest BCUT2D eigenvalue weighted by Gasteiger charge is 2.49. The number of ether oxygens (including phenoxy) is 1. The summed E-state index contributed by atoms with van der Waals surface area (Å²) < 4.78 is 20.9. The number of halogens is 1. The average molecular weight is 1560 g/mol. The summed E-state index contributed by atoms with van der Waals surface area (Å²) in [6.07, 6.45) is -3.83. The Labute approximate surface area is 643 Å². The summed E-state index contributed by atoms with van der Waals surface area (Å²) in [4.78, 5) is 191. The molecule has 0 radical (unpaired) electrons. The van der Waals surface area contributed by atoms with E-state index in [4.69, 9.17) is 10.5 Å². The topological polar surface area (TPSA) is 532 Å². The zero-order valence-corrected chi connectivity index (χ0v) is 62.7. The molecule has 1 aliphatic heterocycles. The number of nitrogens with two attached hydrogens (primary N) is 1. The van der Waals surface area contributed by atoms with Gasteiger partial charge in [0.2, 0.25) is 59.1 Å². The molecule has 4 aromatic carbocycles. The first-order chi connectivity index (χ1) is 53.1. The number of hydrogen-bond acceptors (Lipinski definition) is 20. The number of nitrogens with zero attached hydrogens (tertiary/aromatic N) is 3. The number of rotatable bonds is 40.